The molecule has 4 aliphatic heterocycles. The van der Waals surface area contributed by atoms with Crippen LogP contribution in [0.3, 0.4) is 0 Å². The van der Waals surface area contributed by atoms with Crippen molar-refractivity contribution in [1.29, 1.82) is 0 Å². The van der Waals surface area contributed by atoms with Gasteiger partial charge in [0.1, 0.15) is 6.04 Å². The Kier molecular flexibility index (Phi) is 11.0. The Morgan fingerprint density at radius 2 is 1.35 bits per heavy atom. The van der Waals surface area contributed by atoms with E-state index in [1.54, 1.807) is 0 Å². The number of rotatable bonds is 9. The van der Waals surface area contributed by atoms with Gasteiger partial charge in [-0.2, -0.15) is 0 Å². The lowest BCUT2D eigenvalue weighted by molar-refractivity contribution is -0.141. The average Bonchev–Trinajstić information content (AvgIpc) is 3.99. The molecule has 52 heavy (non-hydrogen) atoms. The summed E-state index contributed by atoms with van der Waals surface area (Å²) >= 11 is 0. The van der Waals surface area contributed by atoms with Crippen molar-refractivity contribution in [2.75, 3.05) is 40.0 Å². The Balaban J connectivity index is 0.942. The van der Waals surface area contributed by atoms with Crippen molar-refractivity contribution >= 4 is 40.5 Å². The minimum atomic E-state index is -0.642. The molecule has 10 heteroatoms. The largest absolute Gasteiger partial charge is 0.453 e. The van der Waals surface area contributed by atoms with Gasteiger partial charge in [0.2, 0.25) is 11.8 Å². The molecule has 2 saturated heterocycles. The molecular formula is C42H51N5O5. The normalized spacial score (nSPS) is 23.9. The number of ether oxygens (including phenoxy) is 2. The number of nitrogens with zero attached hydrogens (tertiary/aromatic N) is 4. The molecule has 0 aromatic heterocycles. The number of alkyl carbamates (subject to hydrolysis) is 1. The standard InChI is InChI=1S/C42H51N5O5/c1-27(2)39(45-42(50)51-3)41(49)47-18-6-9-38(47)37-24-33(26-44-37)31-16-12-29(13-17-31)28-10-14-30(15-11-28)32-23-36(43-25-32)34-7-4-5-8-35(34)40(48)46-19-21-52-22-20-46/h10-17,25-27,34-35,38-39H,4-9,18-24H2,1-3H3,(H,45,50)/t34?,35-,38+,39+/m1/s1. The maximum Gasteiger partial charge on any atom is 0.407 e. The van der Waals surface area contributed by atoms with Crippen LogP contribution in [0.4, 0.5) is 4.79 Å². The van der Waals surface area contributed by atoms with Gasteiger partial charge < -0.3 is 24.6 Å². The third-order valence-corrected chi connectivity index (χ3v) is 11.5. The van der Waals surface area contributed by atoms with Gasteiger partial charge in [-0.15, -0.1) is 0 Å². The van der Waals surface area contributed by atoms with Gasteiger partial charge in [0.25, 0.3) is 0 Å². The lowest BCUT2D eigenvalue weighted by Gasteiger charge is -2.36. The third-order valence-electron chi connectivity index (χ3n) is 11.5. The Morgan fingerprint density at radius 1 is 0.769 bits per heavy atom. The number of carbonyl (C=O) groups excluding carboxylic acids is 3. The number of hydrogen-bond acceptors (Lipinski definition) is 7. The van der Waals surface area contributed by atoms with E-state index in [1.807, 2.05) is 36.0 Å². The van der Waals surface area contributed by atoms with Crippen molar-refractivity contribution < 1.29 is 23.9 Å². The van der Waals surface area contributed by atoms with E-state index >= 15 is 0 Å². The zero-order valence-corrected chi connectivity index (χ0v) is 30.7. The van der Waals surface area contributed by atoms with Crippen LogP contribution in [0, 0.1) is 17.8 Å². The van der Waals surface area contributed by atoms with E-state index < -0.39 is 12.1 Å². The summed E-state index contributed by atoms with van der Waals surface area (Å²) in [5.74, 6) is 0.388. The number of likely N-dealkylation sites (tertiary alicyclic amines) is 1. The highest BCUT2D eigenvalue weighted by molar-refractivity contribution is 6.04. The Bertz CT molecular complexity index is 1770. The summed E-state index contributed by atoms with van der Waals surface area (Å²) in [5.41, 5.74) is 9.10. The Hall–Kier alpha value is -4.57. The molecule has 1 N–H and O–H groups in total. The molecule has 0 spiro atoms. The molecule has 4 heterocycles. The van der Waals surface area contributed by atoms with Crippen molar-refractivity contribution in [3.8, 4) is 11.1 Å². The van der Waals surface area contributed by atoms with Crippen LogP contribution in [-0.4, -0.2) is 91.2 Å². The molecular weight excluding hydrogens is 654 g/mol. The van der Waals surface area contributed by atoms with Gasteiger partial charge in [0.15, 0.2) is 0 Å². The number of benzene rings is 2. The monoisotopic (exact) mass is 705 g/mol. The molecule has 1 unspecified atom stereocenters. The number of allylic oxidation sites excluding steroid dienone is 2. The fourth-order valence-corrected chi connectivity index (χ4v) is 8.53. The average molecular weight is 706 g/mol. The van der Waals surface area contributed by atoms with E-state index in [2.05, 4.69) is 53.8 Å². The van der Waals surface area contributed by atoms with Crippen molar-refractivity contribution in [1.82, 2.24) is 15.1 Å². The summed E-state index contributed by atoms with van der Waals surface area (Å²) in [5, 5.41) is 2.72. The fourth-order valence-electron chi connectivity index (χ4n) is 8.53. The molecule has 2 aromatic carbocycles. The summed E-state index contributed by atoms with van der Waals surface area (Å²) in [4.78, 5) is 52.6. The highest BCUT2D eigenvalue weighted by Gasteiger charge is 2.39. The van der Waals surface area contributed by atoms with Crippen LogP contribution in [0.25, 0.3) is 22.3 Å². The number of morpholine rings is 1. The van der Waals surface area contributed by atoms with Crippen LogP contribution in [0.15, 0.2) is 70.9 Å². The Labute approximate surface area is 307 Å². The van der Waals surface area contributed by atoms with Crippen molar-refractivity contribution in [3.05, 3.63) is 72.1 Å². The van der Waals surface area contributed by atoms with Gasteiger partial charge in [-0.3, -0.25) is 19.6 Å². The van der Waals surface area contributed by atoms with Crippen molar-refractivity contribution in [2.24, 2.45) is 27.7 Å². The third kappa shape index (κ3) is 7.63. The molecule has 5 aliphatic rings. The summed E-state index contributed by atoms with van der Waals surface area (Å²) in [7, 11) is 1.31. The number of hydrogen-bond donors (Lipinski definition) is 1. The lowest BCUT2D eigenvalue weighted by atomic mass is 9.74. The van der Waals surface area contributed by atoms with Gasteiger partial charge in [-0.1, -0.05) is 75.2 Å². The minimum absolute atomic E-state index is 0.0303. The first-order valence-electron chi connectivity index (χ1n) is 19.0. The van der Waals surface area contributed by atoms with Crippen molar-refractivity contribution in [2.45, 2.75) is 77.3 Å². The van der Waals surface area contributed by atoms with Gasteiger partial charge >= 0.3 is 6.09 Å². The minimum Gasteiger partial charge on any atom is -0.453 e. The first-order valence-corrected chi connectivity index (χ1v) is 19.0. The summed E-state index contributed by atoms with van der Waals surface area (Å²) in [6.07, 6.45) is 10.9. The molecule has 3 fully saturated rings. The highest BCUT2D eigenvalue weighted by Crippen LogP contribution is 2.38. The first-order chi connectivity index (χ1) is 25.3. The molecule has 7 rings (SSSR count). The predicted octanol–water partition coefficient (Wildman–Crippen LogP) is 6.76. The summed E-state index contributed by atoms with van der Waals surface area (Å²) in [6.45, 7) is 7.17. The number of aliphatic imine (C=N–C) groups is 2. The number of carbonyl (C=O) groups is 3. The van der Waals surface area contributed by atoms with E-state index in [9.17, 15) is 14.4 Å². The molecule has 274 valence electrons. The van der Waals surface area contributed by atoms with E-state index in [1.165, 1.54) is 18.2 Å². The maximum atomic E-state index is 13.5. The van der Waals surface area contributed by atoms with Crippen LogP contribution in [0.1, 0.15) is 76.3 Å². The van der Waals surface area contributed by atoms with Gasteiger partial charge in [-0.25, -0.2) is 4.79 Å². The quantitative estimate of drug-likeness (QED) is 0.310. The second kappa shape index (κ2) is 16.0. The predicted molar refractivity (Wildman–Crippen MR) is 204 cm³/mol. The molecule has 0 bridgehead atoms. The van der Waals surface area contributed by atoms with E-state index in [0.29, 0.717) is 39.3 Å². The smallest absolute Gasteiger partial charge is 0.407 e. The molecule has 4 atom stereocenters. The van der Waals surface area contributed by atoms with Gasteiger partial charge in [-0.05, 0) is 65.0 Å². The summed E-state index contributed by atoms with van der Waals surface area (Å²) in [6, 6.07) is 16.6. The Morgan fingerprint density at radius 3 is 1.96 bits per heavy atom. The van der Waals surface area contributed by atoms with Crippen molar-refractivity contribution in [3.63, 3.8) is 0 Å². The van der Waals surface area contributed by atoms with Crippen LogP contribution < -0.4 is 5.32 Å². The molecule has 3 amide bonds. The molecule has 1 aliphatic carbocycles. The maximum absolute atomic E-state index is 13.5. The fraction of sp³-hybridized carbons (Fsp3) is 0.500. The van der Waals surface area contributed by atoms with E-state index in [-0.39, 0.29) is 35.6 Å². The second-order valence-corrected chi connectivity index (χ2v) is 15.0. The number of methoxy groups -OCH3 is 1. The second-order valence-electron chi connectivity index (χ2n) is 15.0. The number of nitrogens with one attached hydrogen (secondary N) is 1. The van der Waals surface area contributed by atoms with Crippen LogP contribution in [0.2, 0.25) is 0 Å². The molecule has 10 nitrogen and oxygen atoms in total. The van der Waals surface area contributed by atoms with Gasteiger partial charge in [0, 0.05) is 68.1 Å². The van der Waals surface area contributed by atoms with Crippen LogP contribution in [0.5, 0.6) is 0 Å². The molecule has 0 radical (unpaired) electrons. The SMILES string of the molecule is COC(=O)N[C@H](C(=O)N1CCC[C@H]1C1=NC=C(c2ccc(-c3ccc(C4=CN=C(C5CCCC[C@H]5C(=O)N5CCOCC5)C4)cc3)cc2)C1)C(C)C. The summed E-state index contributed by atoms with van der Waals surface area (Å²) < 4.78 is 10.3. The van der Waals surface area contributed by atoms with Crippen LogP contribution in [-0.2, 0) is 19.1 Å². The topological polar surface area (TPSA) is 113 Å². The molecule has 2 aromatic rings. The lowest BCUT2D eigenvalue weighted by Crippen LogP contribution is -2.53. The molecule has 1 saturated carbocycles. The first kappa shape index (κ1) is 35.8. The zero-order valence-electron chi connectivity index (χ0n) is 30.7. The van der Waals surface area contributed by atoms with E-state index in [0.717, 1.165) is 78.6 Å². The zero-order chi connectivity index (χ0) is 36.2. The van der Waals surface area contributed by atoms with Crippen LogP contribution >= 0.6 is 0 Å². The highest BCUT2D eigenvalue weighted by atomic mass is 16.5. The number of amides is 3. The van der Waals surface area contributed by atoms with E-state index in [4.69, 9.17) is 19.5 Å². The van der Waals surface area contributed by atoms with Gasteiger partial charge in [0.05, 0.1) is 26.4 Å².